The van der Waals surface area contributed by atoms with Crippen molar-refractivity contribution in [2.75, 3.05) is 52.4 Å². The molecule has 2 aliphatic heterocycles. The molecule has 0 spiro atoms. The summed E-state index contributed by atoms with van der Waals surface area (Å²) in [5.74, 6) is 0.207. The van der Waals surface area contributed by atoms with Crippen molar-refractivity contribution >= 4 is 22.0 Å². The number of carbonyl (C=O) groups excluding carboxylic acids is 2. The average molecular weight is 472 g/mol. The maximum absolute atomic E-state index is 13.0. The molecule has 0 aliphatic carbocycles. The summed E-state index contributed by atoms with van der Waals surface area (Å²) in [5, 5.41) is 6.81. The van der Waals surface area contributed by atoms with Gasteiger partial charge in [0.25, 0.3) is 0 Å². The fraction of sp³-hybridized carbons (Fsp3) is 0.750. The van der Waals surface area contributed by atoms with Gasteiger partial charge in [-0.15, -0.1) is 0 Å². The number of hydrogen-bond acceptors (Lipinski definition) is 8. The van der Waals surface area contributed by atoms with E-state index in [0.717, 1.165) is 0 Å². The number of ether oxygens (including phenoxy) is 1. The van der Waals surface area contributed by atoms with Gasteiger partial charge in [0, 0.05) is 38.8 Å². The first-order valence-corrected chi connectivity index (χ1v) is 12.5. The van der Waals surface area contributed by atoms with E-state index < -0.39 is 10.0 Å². The molecule has 2 aliphatic rings. The molecule has 1 aromatic rings. The summed E-state index contributed by atoms with van der Waals surface area (Å²) < 4.78 is 37.6. The number of likely N-dealkylation sites (tertiary alicyclic amines) is 1. The highest BCUT2D eigenvalue weighted by atomic mass is 32.2. The molecule has 3 rings (SSSR count). The molecular weight excluding hydrogens is 438 g/mol. The van der Waals surface area contributed by atoms with Crippen molar-refractivity contribution in [3.8, 4) is 0 Å². The van der Waals surface area contributed by atoms with Gasteiger partial charge in [-0.2, -0.15) is 4.31 Å². The first-order chi connectivity index (χ1) is 15.2. The maximum Gasteiger partial charge on any atom is 0.409 e. The third-order valence-corrected chi connectivity index (χ3v) is 8.01. The van der Waals surface area contributed by atoms with Crippen LogP contribution < -0.4 is 5.32 Å². The van der Waals surface area contributed by atoms with Gasteiger partial charge in [-0.25, -0.2) is 13.2 Å². The lowest BCUT2D eigenvalue weighted by molar-refractivity contribution is -0.123. The van der Waals surface area contributed by atoms with E-state index in [1.165, 1.54) is 4.31 Å². The Morgan fingerprint density at radius 3 is 2.47 bits per heavy atom. The van der Waals surface area contributed by atoms with Crippen LogP contribution in [-0.2, 0) is 19.6 Å². The van der Waals surface area contributed by atoms with Crippen LogP contribution in [0.15, 0.2) is 9.42 Å². The molecule has 2 fully saturated rings. The van der Waals surface area contributed by atoms with E-state index in [0.29, 0.717) is 70.8 Å². The van der Waals surface area contributed by atoms with Crippen LogP contribution in [0.5, 0.6) is 0 Å². The van der Waals surface area contributed by atoms with E-state index in [-0.39, 0.29) is 35.2 Å². The second-order valence-corrected chi connectivity index (χ2v) is 10.1. The van der Waals surface area contributed by atoms with Crippen molar-refractivity contribution in [3.63, 3.8) is 0 Å². The lowest BCUT2D eigenvalue weighted by Crippen LogP contribution is -2.49. The minimum Gasteiger partial charge on any atom is -0.450 e. The van der Waals surface area contributed by atoms with Gasteiger partial charge >= 0.3 is 6.09 Å². The summed E-state index contributed by atoms with van der Waals surface area (Å²) in [6, 6.07) is 0.0246. The van der Waals surface area contributed by atoms with Gasteiger partial charge in [0.1, 0.15) is 10.6 Å². The molecule has 12 heteroatoms. The SMILES string of the molecule is CCOC(=O)N1CCC(NC(=O)CN2CCCN(S(=O)(=O)c3c(C)noc3C)CC2)CC1. The van der Waals surface area contributed by atoms with E-state index in [9.17, 15) is 18.0 Å². The first-order valence-electron chi connectivity index (χ1n) is 11.1. The highest BCUT2D eigenvalue weighted by molar-refractivity contribution is 7.89. The Morgan fingerprint density at radius 1 is 1.12 bits per heavy atom. The van der Waals surface area contributed by atoms with Gasteiger partial charge in [-0.1, -0.05) is 5.16 Å². The number of sulfonamides is 1. The number of nitrogens with one attached hydrogen (secondary N) is 1. The van der Waals surface area contributed by atoms with Crippen LogP contribution in [-0.4, -0.2) is 98.1 Å². The minimum absolute atomic E-state index is 0.0246. The predicted molar refractivity (Wildman–Crippen MR) is 116 cm³/mol. The molecule has 11 nitrogen and oxygen atoms in total. The molecule has 0 aromatic carbocycles. The highest BCUT2D eigenvalue weighted by Gasteiger charge is 2.32. The molecule has 0 unspecified atom stereocenters. The molecule has 2 amide bonds. The van der Waals surface area contributed by atoms with Gasteiger partial charge in [-0.3, -0.25) is 9.69 Å². The van der Waals surface area contributed by atoms with Crippen LogP contribution in [0.3, 0.4) is 0 Å². The number of nitrogens with zero attached hydrogens (tertiary/aromatic N) is 4. The van der Waals surface area contributed by atoms with E-state index in [4.69, 9.17) is 9.26 Å². The largest absolute Gasteiger partial charge is 0.450 e. The van der Waals surface area contributed by atoms with E-state index >= 15 is 0 Å². The Morgan fingerprint density at radius 2 is 1.84 bits per heavy atom. The number of aryl methyl sites for hydroxylation is 2. The molecule has 0 saturated carbocycles. The summed E-state index contributed by atoms with van der Waals surface area (Å²) in [6.45, 7) is 8.48. The van der Waals surface area contributed by atoms with Crippen LogP contribution in [0.4, 0.5) is 4.79 Å². The second kappa shape index (κ2) is 10.6. The zero-order valence-corrected chi connectivity index (χ0v) is 19.8. The quantitative estimate of drug-likeness (QED) is 0.644. The molecule has 0 radical (unpaired) electrons. The summed E-state index contributed by atoms with van der Waals surface area (Å²) >= 11 is 0. The summed E-state index contributed by atoms with van der Waals surface area (Å²) in [4.78, 5) is 28.1. The summed E-state index contributed by atoms with van der Waals surface area (Å²) in [7, 11) is -3.69. The van der Waals surface area contributed by atoms with Crippen molar-refractivity contribution in [3.05, 3.63) is 11.5 Å². The van der Waals surface area contributed by atoms with Crippen LogP contribution in [0.2, 0.25) is 0 Å². The van der Waals surface area contributed by atoms with Gasteiger partial charge in [0.05, 0.1) is 13.2 Å². The van der Waals surface area contributed by atoms with Crippen molar-refractivity contribution < 1.29 is 27.3 Å². The normalized spacial score (nSPS) is 19.5. The zero-order chi connectivity index (χ0) is 23.3. The molecular formula is C20H33N5O6S. The molecule has 0 atom stereocenters. The maximum atomic E-state index is 13.0. The lowest BCUT2D eigenvalue weighted by Gasteiger charge is -2.32. The molecule has 180 valence electrons. The highest BCUT2D eigenvalue weighted by Crippen LogP contribution is 2.24. The molecule has 2 saturated heterocycles. The third-order valence-electron chi connectivity index (χ3n) is 5.87. The van der Waals surface area contributed by atoms with E-state index in [1.54, 1.807) is 25.7 Å². The smallest absolute Gasteiger partial charge is 0.409 e. The topological polar surface area (TPSA) is 125 Å². The molecule has 1 N–H and O–H groups in total. The summed E-state index contributed by atoms with van der Waals surface area (Å²) in [5.41, 5.74) is 0.358. The molecule has 1 aromatic heterocycles. The van der Waals surface area contributed by atoms with Crippen LogP contribution in [0.1, 0.15) is 37.6 Å². The van der Waals surface area contributed by atoms with Gasteiger partial charge in [0.2, 0.25) is 15.9 Å². The fourth-order valence-corrected chi connectivity index (χ4v) is 5.98. The number of carbonyl (C=O) groups is 2. The third kappa shape index (κ3) is 5.78. The van der Waals surface area contributed by atoms with Crippen LogP contribution >= 0.6 is 0 Å². The van der Waals surface area contributed by atoms with Crippen LogP contribution in [0, 0.1) is 13.8 Å². The number of rotatable bonds is 6. The Kier molecular flexibility index (Phi) is 8.12. The van der Waals surface area contributed by atoms with Crippen LogP contribution in [0.25, 0.3) is 0 Å². The second-order valence-electron chi connectivity index (χ2n) is 8.21. The summed E-state index contributed by atoms with van der Waals surface area (Å²) in [6.07, 6.45) is 1.70. The minimum atomic E-state index is -3.69. The Bertz CT molecular complexity index is 890. The van der Waals surface area contributed by atoms with Crippen molar-refractivity contribution in [2.24, 2.45) is 0 Å². The van der Waals surface area contributed by atoms with Gasteiger partial charge < -0.3 is 19.5 Å². The van der Waals surface area contributed by atoms with Gasteiger partial charge in [0.15, 0.2) is 5.76 Å². The molecule has 0 bridgehead atoms. The predicted octanol–water partition coefficient (Wildman–Crippen LogP) is 0.725. The Hall–Kier alpha value is -2.18. The lowest BCUT2D eigenvalue weighted by atomic mass is 10.1. The molecule has 3 heterocycles. The Balaban J connectivity index is 1.47. The standard InChI is InChI=1S/C20H33N5O6S/c1-4-30-20(27)24-10-6-17(7-11-24)21-18(26)14-23-8-5-9-25(13-12-23)32(28,29)19-15(2)22-31-16(19)3/h17H,4-14H2,1-3H3,(H,21,26). The number of amides is 2. The van der Waals surface area contributed by atoms with Crippen molar-refractivity contribution in [1.82, 2.24) is 24.6 Å². The molecule has 32 heavy (non-hydrogen) atoms. The van der Waals surface area contributed by atoms with E-state index in [1.807, 2.05) is 4.90 Å². The number of piperidine rings is 1. The first kappa shape index (κ1) is 24.5. The monoisotopic (exact) mass is 471 g/mol. The average Bonchev–Trinajstić information content (AvgIpc) is 2.94. The Labute approximate surface area is 189 Å². The zero-order valence-electron chi connectivity index (χ0n) is 19.0. The van der Waals surface area contributed by atoms with E-state index in [2.05, 4.69) is 10.5 Å². The number of hydrogen-bond donors (Lipinski definition) is 1. The fourth-order valence-electron chi connectivity index (χ4n) is 4.22. The van der Waals surface area contributed by atoms with Crippen molar-refractivity contribution in [2.45, 2.75) is 51.0 Å². The number of aromatic nitrogens is 1. The van der Waals surface area contributed by atoms with Gasteiger partial charge in [-0.05, 0) is 46.6 Å². The van der Waals surface area contributed by atoms with Crippen molar-refractivity contribution in [1.29, 1.82) is 0 Å².